The molecule has 0 saturated carbocycles. The van der Waals surface area contributed by atoms with Crippen molar-refractivity contribution in [2.24, 2.45) is 0 Å². The Morgan fingerprint density at radius 1 is 0.350 bits per heavy atom. The van der Waals surface area contributed by atoms with Crippen molar-refractivity contribution >= 4 is 78.0 Å². The fourth-order valence-corrected chi connectivity index (χ4v) is 5.35. The first-order chi connectivity index (χ1) is 48.9. The highest BCUT2D eigenvalue weighted by molar-refractivity contribution is 5.95. The second-order valence-electron chi connectivity index (χ2n) is 19.2. The van der Waals surface area contributed by atoms with Gasteiger partial charge in [0.05, 0.1) is 17.6 Å². The van der Waals surface area contributed by atoms with Crippen LogP contribution in [0.4, 0.5) is 0 Å². The normalized spacial score (nSPS) is 9.57. The molecule has 0 aliphatic carbocycles. The van der Waals surface area contributed by atoms with Gasteiger partial charge >= 0.3 is 53.7 Å². The number of carboxylic acids is 9. The van der Waals surface area contributed by atoms with Crippen molar-refractivity contribution in [1.82, 2.24) is 0 Å². The molecule has 0 aliphatic heterocycles. The largest absolute Gasteiger partial charge is 0.481 e. The monoisotopic (exact) mass is 1410 g/mol. The Morgan fingerprint density at radius 2 is 0.660 bits per heavy atom. The van der Waals surface area contributed by atoms with E-state index in [2.05, 4.69) is 97.2 Å². The van der Waals surface area contributed by atoms with E-state index in [-0.39, 0.29) is 22.3 Å². The molecule has 103 heavy (non-hydrogen) atoms. The van der Waals surface area contributed by atoms with Gasteiger partial charge in [-0.05, 0) is 67.0 Å². The van der Waals surface area contributed by atoms with Crippen LogP contribution in [0.25, 0.3) is 24.3 Å². The van der Waals surface area contributed by atoms with Crippen LogP contribution in [0, 0.1) is 0 Å². The van der Waals surface area contributed by atoms with Gasteiger partial charge in [-0.2, -0.15) is 0 Å². The summed E-state index contributed by atoms with van der Waals surface area (Å²) in [6.07, 6.45) is 39.4. The van der Waals surface area contributed by atoms with Gasteiger partial charge in [0.25, 0.3) is 0 Å². The fourth-order valence-electron chi connectivity index (χ4n) is 5.35. The molecule has 0 radical (unpaired) electrons. The molecule has 0 amide bonds. The van der Waals surface area contributed by atoms with Crippen molar-refractivity contribution in [3.8, 4) is 0 Å². The summed E-state index contributed by atoms with van der Waals surface area (Å²) < 4.78 is 0. The van der Waals surface area contributed by atoms with E-state index in [1.165, 1.54) is 41.3 Å². The molecule has 4 aromatic rings. The Kier molecular flexibility index (Phi) is 84.1. The maximum atomic E-state index is 10.7. The van der Waals surface area contributed by atoms with Gasteiger partial charge in [-0.3, -0.25) is 4.79 Å². The zero-order valence-corrected chi connectivity index (χ0v) is 59.9. The summed E-state index contributed by atoms with van der Waals surface area (Å²) in [6, 6.07) is 40.3. The minimum Gasteiger partial charge on any atom is -0.481 e. The van der Waals surface area contributed by atoms with Gasteiger partial charge in [-0.1, -0.05) is 350 Å². The summed E-state index contributed by atoms with van der Waals surface area (Å²) in [7, 11) is 0. The summed E-state index contributed by atoms with van der Waals surface area (Å²) >= 11 is 0. The van der Waals surface area contributed by atoms with E-state index >= 15 is 0 Å². The lowest BCUT2D eigenvalue weighted by atomic mass is 10.1. The second-order valence-corrected chi connectivity index (χ2v) is 19.2. The topological polar surface area (TPSA) is 336 Å². The fraction of sp³-hybridized carbons (Fsp3) is 0.165. The SMILES string of the molecule is C=C(CC(=O)O)C(=O)O.C=C(CCCC)C(=O)O.C=CC=C.C=CC=C.C=CC=C.C=CC=CC=Cc1ccccc1.C=Cc1ccccc1.C=Cc1ccccc1.C=Cc1ccccc1.CCCCC=C(C=C(C)C(=O)O)C(=O)O.CCCCC=C(C=CC(=O)O)C(=O)O.O=C(O)/C=C\C(=O)O. The van der Waals surface area contributed by atoms with E-state index in [9.17, 15) is 43.2 Å². The molecular formula is C85H106O18. The first kappa shape index (κ1) is 106. The highest BCUT2D eigenvalue weighted by Gasteiger charge is 2.09. The molecule has 18 heteroatoms. The summed E-state index contributed by atoms with van der Waals surface area (Å²) in [6.45, 7) is 48.5. The van der Waals surface area contributed by atoms with Crippen LogP contribution in [0.2, 0.25) is 0 Å². The lowest BCUT2D eigenvalue weighted by molar-refractivity contribution is -0.139. The standard InChI is InChI=1S/C12H12.C11H16O4.C10H14O4.3C8H8.C7H12O2.C5H6O4.C4H4O4.3C4H6/c1-2-3-4-6-9-12-10-7-5-8-11-12;1-3-4-5-6-9(11(14)15)7-8(2)10(12)13;1-2-3-4-5-8(10(13)14)6-7-9(11)12;3*1-2-8-6-4-3-5-7-8;1-3-4-5-6(2)7(8)9;1-3(5(8)9)2-4(6)7;5-3(6)1-2-4(7)8;3*1-3-4-2/h2-11H,1H2;6-7H,3-5H2,1-2H3,(H,12,13)(H,14,15);5-7H,2-4H2,1H3,(H,11,12)(H,13,14);3*2-7H,1H2;2-5H2,1H3,(H,8,9);1-2H2,(H,6,7)(H,8,9);1-2H,(H,5,6)(H,7,8);3*3-4H,1-2H2/b;;;;;;;;2-1-;;;. The van der Waals surface area contributed by atoms with Crippen LogP contribution >= 0.6 is 0 Å². The number of carbonyl (C=O) groups is 9. The summed E-state index contributed by atoms with van der Waals surface area (Å²) in [5.74, 6) is -10.3. The molecule has 554 valence electrons. The third-order valence-corrected chi connectivity index (χ3v) is 10.7. The van der Waals surface area contributed by atoms with Gasteiger partial charge in [0.1, 0.15) is 0 Å². The first-order valence-electron chi connectivity index (χ1n) is 31.5. The Morgan fingerprint density at radius 3 is 0.893 bits per heavy atom. The number of unbranched alkanes of at least 4 members (excludes halogenated alkanes) is 5. The van der Waals surface area contributed by atoms with Crippen molar-refractivity contribution in [2.45, 2.75) is 91.9 Å². The van der Waals surface area contributed by atoms with E-state index < -0.39 is 60.1 Å². The zero-order chi connectivity index (χ0) is 80.5. The van der Waals surface area contributed by atoms with Crippen molar-refractivity contribution in [2.75, 3.05) is 0 Å². The van der Waals surface area contributed by atoms with Crippen molar-refractivity contribution < 1.29 is 89.1 Å². The number of aliphatic carboxylic acids is 9. The maximum absolute atomic E-state index is 10.7. The predicted molar refractivity (Wildman–Crippen MR) is 424 cm³/mol. The van der Waals surface area contributed by atoms with Crippen LogP contribution in [0.15, 0.2) is 331 Å². The van der Waals surface area contributed by atoms with Crippen LogP contribution in [-0.2, 0) is 43.2 Å². The number of rotatable bonds is 30. The summed E-state index contributed by atoms with van der Waals surface area (Å²) in [5.41, 5.74) is 4.85. The highest BCUT2D eigenvalue weighted by Crippen LogP contribution is 2.09. The molecule has 0 saturated heterocycles. The van der Waals surface area contributed by atoms with Crippen LogP contribution in [0.3, 0.4) is 0 Å². The van der Waals surface area contributed by atoms with Gasteiger partial charge in [0.2, 0.25) is 0 Å². The van der Waals surface area contributed by atoms with Gasteiger partial charge in [-0.15, -0.1) is 0 Å². The average molecular weight is 1420 g/mol. The van der Waals surface area contributed by atoms with Crippen LogP contribution in [0.1, 0.15) is 114 Å². The second kappa shape index (κ2) is 81.6. The van der Waals surface area contributed by atoms with Crippen molar-refractivity contribution in [3.63, 3.8) is 0 Å². The molecule has 0 aromatic heterocycles. The first-order valence-corrected chi connectivity index (χ1v) is 31.5. The van der Waals surface area contributed by atoms with E-state index in [0.717, 1.165) is 50.7 Å². The number of hydrogen-bond donors (Lipinski definition) is 9. The Bertz CT molecular complexity index is 3210. The van der Waals surface area contributed by atoms with E-state index in [4.69, 9.17) is 46.0 Å². The molecule has 0 fully saturated rings. The lowest BCUT2D eigenvalue weighted by Gasteiger charge is -1.97. The van der Waals surface area contributed by atoms with Crippen LogP contribution in [0.5, 0.6) is 0 Å². The molecule has 0 heterocycles. The molecule has 9 N–H and O–H groups in total. The molecule has 0 aliphatic rings. The van der Waals surface area contributed by atoms with Crippen LogP contribution in [-0.4, -0.2) is 99.7 Å². The zero-order valence-electron chi connectivity index (χ0n) is 59.9. The molecule has 0 atom stereocenters. The minimum absolute atomic E-state index is 0.0279. The van der Waals surface area contributed by atoms with Crippen LogP contribution < -0.4 is 0 Å². The smallest absolute Gasteiger partial charge is 0.335 e. The Labute approximate surface area is 609 Å². The molecule has 18 nitrogen and oxygen atoms in total. The van der Waals surface area contributed by atoms with Gasteiger partial charge < -0.3 is 46.0 Å². The highest BCUT2D eigenvalue weighted by atomic mass is 16.4. The molecule has 0 unspecified atom stereocenters. The third kappa shape index (κ3) is 91.3. The maximum Gasteiger partial charge on any atom is 0.335 e. The number of hydrogen-bond acceptors (Lipinski definition) is 9. The summed E-state index contributed by atoms with van der Waals surface area (Å²) in [4.78, 5) is 90.9. The van der Waals surface area contributed by atoms with E-state index in [1.54, 1.807) is 48.6 Å². The number of carboxylic acid groups (broad SMARTS) is 9. The Balaban J connectivity index is -0.000000162. The number of allylic oxidation sites excluding steroid dienone is 12. The quantitative estimate of drug-likeness (QED) is 0.0133. The molecule has 4 rings (SSSR count). The molecular weight excluding hydrogens is 1310 g/mol. The average Bonchev–Trinajstić information content (AvgIpc) is 1.05. The van der Waals surface area contributed by atoms with Gasteiger partial charge in [0, 0.05) is 34.9 Å². The predicted octanol–water partition coefficient (Wildman–Crippen LogP) is 20.2. The van der Waals surface area contributed by atoms with E-state index in [1.807, 2.05) is 166 Å². The van der Waals surface area contributed by atoms with Crippen molar-refractivity contribution in [1.29, 1.82) is 0 Å². The van der Waals surface area contributed by atoms with Gasteiger partial charge in [-0.25, -0.2) is 38.4 Å². The summed E-state index contributed by atoms with van der Waals surface area (Å²) in [5, 5.41) is 74.4. The molecule has 4 aromatic carbocycles. The third-order valence-electron chi connectivity index (χ3n) is 10.7. The lowest BCUT2D eigenvalue weighted by Crippen LogP contribution is -2.04. The molecule has 0 bridgehead atoms. The van der Waals surface area contributed by atoms with Crippen molar-refractivity contribution in [3.05, 3.63) is 354 Å². The van der Waals surface area contributed by atoms with E-state index in [0.29, 0.717) is 37.0 Å². The number of benzene rings is 4. The minimum atomic E-state index is -1.27. The molecule has 0 spiro atoms. The van der Waals surface area contributed by atoms with Gasteiger partial charge in [0.15, 0.2) is 0 Å². The Hall–Kier alpha value is -12.8.